The molecule has 1 aliphatic heterocycles. The smallest absolute Gasteiger partial charge is 0.318 e. The minimum Gasteiger partial charge on any atom is -0.336 e. The number of halogens is 1. The fraction of sp³-hybridized carbons (Fsp3) is 0.875. The van der Waals surface area contributed by atoms with Crippen molar-refractivity contribution < 1.29 is 4.79 Å². The van der Waals surface area contributed by atoms with Gasteiger partial charge in [0, 0.05) is 12.6 Å². The van der Waals surface area contributed by atoms with Gasteiger partial charge in [0.15, 0.2) is 0 Å². The second-order valence-electron chi connectivity index (χ2n) is 3.37. The van der Waals surface area contributed by atoms with Crippen molar-refractivity contribution in [2.45, 2.75) is 36.8 Å². The molecule has 0 aromatic rings. The Bertz CT molecular complexity index is 172. The van der Waals surface area contributed by atoms with Crippen molar-refractivity contribution in [3.05, 3.63) is 0 Å². The van der Waals surface area contributed by atoms with Crippen molar-refractivity contribution in [2.24, 2.45) is 0 Å². The first-order valence-electron chi connectivity index (χ1n) is 4.32. The molecule has 0 unspecified atom stereocenters. The molecule has 0 bridgehead atoms. The number of hydrogen-bond acceptors (Lipinski definition) is 1. The quantitative estimate of drug-likeness (QED) is 0.445. The average Bonchev–Trinajstić information content (AvgIpc) is 2.33. The molecule has 70 valence electrons. The molecule has 0 aromatic carbocycles. The van der Waals surface area contributed by atoms with E-state index in [0.717, 1.165) is 19.4 Å². The van der Waals surface area contributed by atoms with E-state index in [2.05, 4.69) is 27.9 Å². The Labute approximate surface area is 87.0 Å². The monoisotopic (exact) mass is 282 g/mol. The van der Waals surface area contributed by atoms with Gasteiger partial charge in [0.05, 0.1) is 4.05 Å². The zero-order valence-electron chi connectivity index (χ0n) is 7.51. The molecule has 0 spiro atoms. The lowest BCUT2D eigenvalue weighted by molar-refractivity contribution is 0.204. The second kappa shape index (κ2) is 4.30. The molecule has 0 radical (unpaired) electrons. The summed E-state index contributed by atoms with van der Waals surface area (Å²) in [6, 6.07) is 0.323. The minimum atomic E-state index is 0.0851. The van der Waals surface area contributed by atoms with Crippen LogP contribution in [0.4, 0.5) is 4.79 Å². The van der Waals surface area contributed by atoms with Crippen LogP contribution in [0.5, 0.6) is 0 Å². The largest absolute Gasteiger partial charge is 0.336 e. The fourth-order valence-electron chi connectivity index (χ4n) is 1.28. The third kappa shape index (κ3) is 2.50. The van der Waals surface area contributed by atoms with E-state index < -0.39 is 0 Å². The maximum Gasteiger partial charge on any atom is 0.318 e. The highest BCUT2D eigenvalue weighted by atomic mass is 127. The van der Waals surface area contributed by atoms with Gasteiger partial charge in [0.25, 0.3) is 0 Å². The Morgan fingerprint density at radius 3 is 2.75 bits per heavy atom. The van der Waals surface area contributed by atoms with E-state index in [-0.39, 0.29) is 12.1 Å². The minimum absolute atomic E-state index is 0.0851. The summed E-state index contributed by atoms with van der Waals surface area (Å²) in [5.41, 5.74) is 0. The molecule has 0 aromatic heterocycles. The van der Waals surface area contributed by atoms with Gasteiger partial charge in [-0.05, 0) is 26.7 Å². The zero-order chi connectivity index (χ0) is 9.14. The van der Waals surface area contributed by atoms with Crippen LogP contribution >= 0.6 is 22.6 Å². The van der Waals surface area contributed by atoms with Crippen LogP contribution in [0, 0.1) is 0 Å². The van der Waals surface area contributed by atoms with Gasteiger partial charge in [0.2, 0.25) is 0 Å². The van der Waals surface area contributed by atoms with E-state index in [1.165, 1.54) is 0 Å². The van der Waals surface area contributed by atoms with Gasteiger partial charge in [-0.3, -0.25) is 0 Å². The van der Waals surface area contributed by atoms with E-state index >= 15 is 0 Å². The first-order valence-corrected chi connectivity index (χ1v) is 5.57. The van der Waals surface area contributed by atoms with Crippen molar-refractivity contribution >= 4 is 28.6 Å². The Morgan fingerprint density at radius 1 is 1.67 bits per heavy atom. The van der Waals surface area contributed by atoms with Crippen LogP contribution in [-0.4, -0.2) is 27.6 Å². The Morgan fingerprint density at radius 2 is 2.33 bits per heavy atom. The molecule has 12 heavy (non-hydrogen) atoms. The summed E-state index contributed by atoms with van der Waals surface area (Å²) in [7, 11) is 0. The number of hydrogen-bond donors (Lipinski definition) is 1. The number of nitrogens with zero attached hydrogens (tertiary/aromatic N) is 1. The molecule has 1 fully saturated rings. The maximum absolute atomic E-state index is 11.5. The topological polar surface area (TPSA) is 32.3 Å². The summed E-state index contributed by atoms with van der Waals surface area (Å²) >= 11 is 2.32. The van der Waals surface area contributed by atoms with Crippen LogP contribution in [0.1, 0.15) is 26.7 Å². The van der Waals surface area contributed by atoms with Gasteiger partial charge in [-0.25, -0.2) is 4.79 Å². The Hall–Kier alpha value is 0. The van der Waals surface area contributed by atoms with E-state index in [1.54, 1.807) is 0 Å². The summed E-state index contributed by atoms with van der Waals surface area (Å²) in [5.74, 6) is 0. The van der Waals surface area contributed by atoms with E-state index in [1.807, 2.05) is 18.7 Å². The van der Waals surface area contributed by atoms with Crippen LogP contribution in [0.3, 0.4) is 0 Å². The van der Waals surface area contributed by atoms with Crippen molar-refractivity contribution in [2.75, 3.05) is 6.54 Å². The van der Waals surface area contributed by atoms with Gasteiger partial charge in [0.1, 0.15) is 0 Å². The fourth-order valence-corrected chi connectivity index (χ4v) is 2.26. The lowest BCUT2D eigenvalue weighted by atomic mass is 10.4. The summed E-state index contributed by atoms with van der Waals surface area (Å²) < 4.78 is 0.390. The Kier molecular flexibility index (Phi) is 3.61. The van der Waals surface area contributed by atoms with Crippen LogP contribution in [0.15, 0.2) is 0 Å². The lowest BCUT2D eigenvalue weighted by Crippen LogP contribution is -2.43. The van der Waals surface area contributed by atoms with E-state index in [9.17, 15) is 4.79 Å². The number of nitrogens with one attached hydrogen (secondary N) is 1. The predicted molar refractivity (Wildman–Crippen MR) is 57.4 cm³/mol. The zero-order valence-corrected chi connectivity index (χ0v) is 9.67. The highest BCUT2D eigenvalue weighted by molar-refractivity contribution is 14.1. The highest BCUT2D eigenvalue weighted by Crippen LogP contribution is 2.22. The number of alkyl halides is 1. The number of carbonyl (C=O) groups excluding carboxylic acids is 1. The van der Waals surface area contributed by atoms with Crippen molar-refractivity contribution in [1.82, 2.24) is 10.2 Å². The second-order valence-corrected chi connectivity index (χ2v) is 4.81. The molecule has 1 atom stereocenters. The summed E-state index contributed by atoms with van der Waals surface area (Å²) in [4.78, 5) is 13.4. The third-order valence-corrected chi connectivity index (χ3v) is 3.15. The van der Waals surface area contributed by atoms with E-state index in [4.69, 9.17) is 0 Å². The summed E-state index contributed by atoms with van der Waals surface area (Å²) in [6.45, 7) is 4.87. The van der Waals surface area contributed by atoms with E-state index in [0.29, 0.717) is 4.05 Å². The molecule has 2 amide bonds. The first-order chi connectivity index (χ1) is 5.61. The van der Waals surface area contributed by atoms with Crippen LogP contribution in [0.25, 0.3) is 0 Å². The number of likely N-dealkylation sites (tertiary alicyclic amines) is 1. The third-order valence-electron chi connectivity index (χ3n) is 1.85. The van der Waals surface area contributed by atoms with Crippen molar-refractivity contribution in [1.29, 1.82) is 0 Å². The standard InChI is InChI=1S/C8H15IN2O/c1-6(2)10-8(12)11-5-3-4-7(11)9/h6-7H,3-5H2,1-2H3,(H,10,12)/t7-/m1/s1. The van der Waals surface area contributed by atoms with Crippen LogP contribution in [0.2, 0.25) is 0 Å². The number of carbonyl (C=O) groups is 1. The molecule has 4 heteroatoms. The molecule has 3 nitrogen and oxygen atoms in total. The van der Waals surface area contributed by atoms with Crippen molar-refractivity contribution in [3.63, 3.8) is 0 Å². The molecule has 1 heterocycles. The van der Waals surface area contributed by atoms with Gasteiger partial charge < -0.3 is 10.2 Å². The van der Waals surface area contributed by atoms with Gasteiger partial charge in [-0.2, -0.15) is 0 Å². The summed E-state index contributed by atoms with van der Waals surface area (Å²) in [6.07, 6.45) is 2.27. The molecule has 1 saturated heterocycles. The predicted octanol–water partition coefficient (Wildman–Crippen LogP) is 1.96. The van der Waals surface area contributed by atoms with Gasteiger partial charge in [-0.1, -0.05) is 22.6 Å². The SMILES string of the molecule is CC(C)NC(=O)N1CCC[C@@H]1I. The van der Waals surface area contributed by atoms with Crippen LogP contribution < -0.4 is 5.32 Å². The molecule has 0 saturated carbocycles. The molecule has 1 aliphatic rings. The molecular weight excluding hydrogens is 267 g/mol. The Balaban J connectivity index is 2.41. The normalized spacial score (nSPS) is 23.3. The lowest BCUT2D eigenvalue weighted by Gasteiger charge is -2.21. The molecular formula is C8H15IN2O. The van der Waals surface area contributed by atoms with Gasteiger partial charge >= 0.3 is 6.03 Å². The van der Waals surface area contributed by atoms with Crippen LogP contribution in [-0.2, 0) is 0 Å². The number of rotatable bonds is 1. The molecule has 0 aliphatic carbocycles. The maximum atomic E-state index is 11.5. The molecule has 1 N–H and O–H groups in total. The highest BCUT2D eigenvalue weighted by Gasteiger charge is 2.26. The summed E-state index contributed by atoms with van der Waals surface area (Å²) in [5, 5.41) is 2.90. The average molecular weight is 282 g/mol. The van der Waals surface area contributed by atoms with Gasteiger partial charge in [-0.15, -0.1) is 0 Å². The number of amides is 2. The first kappa shape index (κ1) is 10.1. The number of urea groups is 1. The van der Waals surface area contributed by atoms with Crippen molar-refractivity contribution in [3.8, 4) is 0 Å². The molecule has 1 rings (SSSR count).